The Labute approximate surface area is 130 Å². The maximum atomic E-state index is 11.9. The normalized spacial score (nSPS) is 11.1. The quantitative estimate of drug-likeness (QED) is 0.681. The van der Waals surface area contributed by atoms with Gasteiger partial charge in [0, 0.05) is 13.5 Å². The van der Waals surface area contributed by atoms with Crippen LogP contribution in [0.3, 0.4) is 0 Å². The lowest BCUT2D eigenvalue weighted by atomic mass is 9.96. The molecule has 2 aromatic rings. The first-order valence-electron chi connectivity index (χ1n) is 7.12. The lowest BCUT2D eigenvalue weighted by molar-refractivity contribution is -0.114. The van der Waals surface area contributed by atoms with Gasteiger partial charge in [-0.05, 0) is 29.2 Å². The Balaban J connectivity index is 2.35. The summed E-state index contributed by atoms with van der Waals surface area (Å²) in [5.41, 5.74) is 4.80. The van der Waals surface area contributed by atoms with E-state index in [1.165, 1.54) is 7.11 Å². The zero-order chi connectivity index (χ0) is 15.9. The van der Waals surface area contributed by atoms with E-state index in [1.54, 1.807) is 7.05 Å². The molecule has 0 unspecified atom stereocenters. The van der Waals surface area contributed by atoms with Gasteiger partial charge >= 0.3 is 0 Å². The molecular weight excluding hydrogens is 276 g/mol. The van der Waals surface area contributed by atoms with Crippen LogP contribution in [0.25, 0.3) is 11.1 Å². The van der Waals surface area contributed by atoms with Gasteiger partial charge in [-0.1, -0.05) is 53.7 Å². The summed E-state index contributed by atoms with van der Waals surface area (Å²) in [6, 6.07) is 16.4. The summed E-state index contributed by atoms with van der Waals surface area (Å²) >= 11 is 0. The Morgan fingerprint density at radius 1 is 1.14 bits per heavy atom. The van der Waals surface area contributed by atoms with Crippen LogP contribution < -0.4 is 5.32 Å². The van der Waals surface area contributed by atoms with E-state index >= 15 is 0 Å². The van der Waals surface area contributed by atoms with E-state index in [0.29, 0.717) is 12.1 Å². The van der Waals surface area contributed by atoms with Crippen molar-refractivity contribution in [2.75, 3.05) is 14.2 Å². The first kappa shape index (κ1) is 15.8. The molecule has 0 atom stereocenters. The zero-order valence-electron chi connectivity index (χ0n) is 13.1. The van der Waals surface area contributed by atoms with Gasteiger partial charge in [-0.3, -0.25) is 4.79 Å². The van der Waals surface area contributed by atoms with Crippen molar-refractivity contribution in [2.45, 2.75) is 13.3 Å². The predicted molar refractivity (Wildman–Crippen MR) is 88.8 cm³/mol. The summed E-state index contributed by atoms with van der Waals surface area (Å²) in [5.74, 6) is -0.230. The zero-order valence-corrected chi connectivity index (χ0v) is 13.1. The predicted octanol–water partition coefficient (Wildman–Crippen LogP) is 2.95. The van der Waals surface area contributed by atoms with Crippen LogP contribution in [0, 0.1) is 6.92 Å². The van der Waals surface area contributed by atoms with E-state index in [0.717, 1.165) is 22.3 Å². The minimum Gasteiger partial charge on any atom is -0.399 e. The Bertz CT molecular complexity index is 679. The summed E-state index contributed by atoms with van der Waals surface area (Å²) in [6.45, 7) is 2.03. The first-order chi connectivity index (χ1) is 10.7. The molecule has 0 saturated heterocycles. The molecule has 0 aliphatic rings. The Morgan fingerprint density at radius 3 is 2.50 bits per heavy atom. The number of amides is 1. The van der Waals surface area contributed by atoms with Crippen LogP contribution in [-0.2, 0) is 16.1 Å². The number of carbonyl (C=O) groups excluding carboxylic acids is 1. The molecule has 0 aliphatic heterocycles. The highest BCUT2D eigenvalue weighted by Gasteiger charge is 2.13. The summed E-state index contributed by atoms with van der Waals surface area (Å²) in [7, 11) is 3.02. The minimum atomic E-state index is -0.230. The van der Waals surface area contributed by atoms with Crippen LogP contribution in [-0.4, -0.2) is 25.8 Å². The highest BCUT2D eigenvalue weighted by molar-refractivity contribution is 6.39. The van der Waals surface area contributed by atoms with Gasteiger partial charge in [0.05, 0.1) is 0 Å². The lowest BCUT2D eigenvalue weighted by Gasteiger charge is -2.10. The molecule has 0 fully saturated rings. The second kappa shape index (κ2) is 7.41. The third-order valence-corrected chi connectivity index (χ3v) is 3.50. The summed E-state index contributed by atoms with van der Waals surface area (Å²) < 4.78 is 0. The average Bonchev–Trinajstić information content (AvgIpc) is 2.56. The number of hydrogen-bond acceptors (Lipinski definition) is 3. The maximum absolute atomic E-state index is 11.9. The second-order valence-electron chi connectivity index (χ2n) is 4.98. The van der Waals surface area contributed by atoms with Crippen LogP contribution in [0.2, 0.25) is 0 Å². The number of carbonyl (C=O) groups is 1. The molecule has 0 radical (unpaired) electrons. The fraction of sp³-hybridized carbons (Fsp3) is 0.222. The number of aryl methyl sites for hydroxylation is 1. The van der Waals surface area contributed by atoms with Crippen LogP contribution in [0.4, 0.5) is 0 Å². The first-order valence-corrected chi connectivity index (χ1v) is 7.12. The van der Waals surface area contributed by atoms with Crippen LogP contribution in [0.1, 0.15) is 11.1 Å². The van der Waals surface area contributed by atoms with Gasteiger partial charge in [0.2, 0.25) is 0 Å². The van der Waals surface area contributed by atoms with E-state index in [-0.39, 0.29) is 5.91 Å². The van der Waals surface area contributed by atoms with Crippen molar-refractivity contribution < 1.29 is 9.63 Å². The van der Waals surface area contributed by atoms with Gasteiger partial charge in [-0.2, -0.15) is 0 Å². The van der Waals surface area contributed by atoms with Crippen molar-refractivity contribution in [1.82, 2.24) is 5.32 Å². The third-order valence-electron chi connectivity index (χ3n) is 3.50. The van der Waals surface area contributed by atoms with Crippen molar-refractivity contribution in [1.29, 1.82) is 0 Å². The molecule has 2 aromatic carbocycles. The number of hydrogen-bond donors (Lipinski definition) is 1. The molecule has 4 nitrogen and oxygen atoms in total. The fourth-order valence-electron chi connectivity index (χ4n) is 2.26. The smallest absolute Gasteiger partial charge is 0.269 e. The molecule has 0 heterocycles. The molecule has 0 bridgehead atoms. The molecule has 0 aromatic heterocycles. The summed E-state index contributed by atoms with van der Waals surface area (Å²) in [4.78, 5) is 16.6. The molecule has 0 spiro atoms. The van der Waals surface area contributed by atoms with Crippen molar-refractivity contribution in [3.63, 3.8) is 0 Å². The highest BCUT2D eigenvalue weighted by Crippen LogP contribution is 2.22. The molecule has 114 valence electrons. The largest absolute Gasteiger partial charge is 0.399 e. The van der Waals surface area contributed by atoms with E-state index in [9.17, 15) is 4.79 Å². The monoisotopic (exact) mass is 296 g/mol. The summed E-state index contributed by atoms with van der Waals surface area (Å²) in [5, 5.41) is 6.42. The van der Waals surface area contributed by atoms with Gasteiger partial charge in [-0.15, -0.1) is 0 Å². The van der Waals surface area contributed by atoms with Gasteiger partial charge in [0.15, 0.2) is 0 Å². The standard InChI is InChI=1S/C18H20N2O2/c1-13-9-10-15(14-7-5-4-6-8-14)11-16(13)12-17(20-22-3)18(21)19-2/h4-11H,12H2,1-3H3,(H,19,21). The van der Waals surface area contributed by atoms with E-state index in [2.05, 4.69) is 40.8 Å². The number of oxime groups is 1. The number of benzene rings is 2. The number of nitrogens with zero attached hydrogens (tertiary/aromatic N) is 1. The Kier molecular flexibility index (Phi) is 5.31. The Morgan fingerprint density at radius 2 is 1.86 bits per heavy atom. The minimum absolute atomic E-state index is 0.230. The highest BCUT2D eigenvalue weighted by atomic mass is 16.6. The van der Waals surface area contributed by atoms with Crippen LogP contribution >= 0.6 is 0 Å². The van der Waals surface area contributed by atoms with E-state index in [1.807, 2.05) is 25.1 Å². The van der Waals surface area contributed by atoms with Crippen LogP contribution in [0.5, 0.6) is 0 Å². The molecule has 0 aliphatic carbocycles. The molecule has 0 saturated carbocycles. The molecule has 1 amide bonds. The van der Waals surface area contributed by atoms with Crippen molar-refractivity contribution in [2.24, 2.45) is 5.16 Å². The van der Waals surface area contributed by atoms with Gasteiger partial charge in [0.1, 0.15) is 12.8 Å². The van der Waals surface area contributed by atoms with Gasteiger partial charge in [0.25, 0.3) is 5.91 Å². The third kappa shape index (κ3) is 3.73. The molecule has 1 N–H and O–H groups in total. The van der Waals surface area contributed by atoms with Crippen molar-refractivity contribution >= 4 is 11.6 Å². The number of nitrogens with one attached hydrogen (secondary N) is 1. The topological polar surface area (TPSA) is 50.7 Å². The Hall–Kier alpha value is -2.62. The van der Waals surface area contributed by atoms with Crippen molar-refractivity contribution in [3.8, 4) is 11.1 Å². The molecule has 4 heteroatoms. The van der Waals surface area contributed by atoms with Crippen molar-refractivity contribution in [3.05, 3.63) is 59.7 Å². The molecule has 22 heavy (non-hydrogen) atoms. The maximum Gasteiger partial charge on any atom is 0.269 e. The van der Waals surface area contributed by atoms with Gasteiger partial charge in [-0.25, -0.2) is 0 Å². The average molecular weight is 296 g/mol. The van der Waals surface area contributed by atoms with Crippen LogP contribution in [0.15, 0.2) is 53.7 Å². The lowest BCUT2D eigenvalue weighted by Crippen LogP contribution is -2.29. The summed E-state index contributed by atoms with van der Waals surface area (Å²) in [6.07, 6.45) is 0.431. The van der Waals surface area contributed by atoms with E-state index in [4.69, 9.17) is 4.84 Å². The fourth-order valence-corrected chi connectivity index (χ4v) is 2.26. The van der Waals surface area contributed by atoms with E-state index < -0.39 is 0 Å². The van der Waals surface area contributed by atoms with Gasteiger partial charge < -0.3 is 10.2 Å². The second-order valence-corrected chi connectivity index (χ2v) is 4.98. The molecule has 2 rings (SSSR count). The molecular formula is C18H20N2O2. The number of rotatable bonds is 5. The SMILES string of the molecule is CNC(=O)C(Cc1cc(-c2ccccc2)ccc1C)=NOC.